The fraction of sp³-hybridized carbons (Fsp3) is 0.250. The number of ketones is 1. The van der Waals surface area contributed by atoms with Crippen LogP contribution in [0, 0.1) is 6.92 Å². The third kappa shape index (κ3) is 2.99. The molecule has 0 saturated heterocycles. The normalized spacial score (nSPS) is 10.5. The smallest absolute Gasteiger partial charge is 0.198 e. The zero-order valence-electron chi connectivity index (χ0n) is 11.4. The zero-order valence-corrected chi connectivity index (χ0v) is 11.4. The van der Waals surface area contributed by atoms with Gasteiger partial charge in [0.15, 0.2) is 5.78 Å². The molecular weight excluding hydrogens is 238 g/mol. The number of nitrogens with zero attached hydrogens (tertiary/aromatic N) is 1. The Labute approximate surface area is 113 Å². The Kier molecular flexibility index (Phi) is 3.95. The Morgan fingerprint density at radius 1 is 1.11 bits per heavy atom. The Hall–Kier alpha value is -2.16. The first kappa shape index (κ1) is 13.3. The monoisotopic (exact) mass is 255 g/mol. The van der Waals surface area contributed by atoms with E-state index in [4.69, 9.17) is 4.74 Å². The van der Waals surface area contributed by atoms with E-state index < -0.39 is 0 Å². The highest BCUT2D eigenvalue weighted by molar-refractivity contribution is 6.11. The molecule has 0 atom stereocenters. The summed E-state index contributed by atoms with van der Waals surface area (Å²) in [6.07, 6.45) is 1.71. The van der Waals surface area contributed by atoms with Crippen molar-refractivity contribution in [2.75, 3.05) is 0 Å². The minimum atomic E-state index is -0.0538. The summed E-state index contributed by atoms with van der Waals surface area (Å²) in [5.41, 5.74) is 1.92. The summed E-state index contributed by atoms with van der Waals surface area (Å²) in [4.78, 5) is 16.7. The molecular formula is C16H17NO2. The topological polar surface area (TPSA) is 39.2 Å². The Balaban J connectivity index is 2.42. The van der Waals surface area contributed by atoms with Crippen molar-refractivity contribution in [3.8, 4) is 5.75 Å². The summed E-state index contributed by atoms with van der Waals surface area (Å²) in [6.45, 7) is 5.71. The average molecular weight is 255 g/mol. The van der Waals surface area contributed by atoms with Gasteiger partial charge in [0, 0.05) is 17.5 Å². The van der Waals surface area contributed by atoms with Gasteiger partial charge in [-0.2, -0.15) is 0 Å². The van der Waals surface area contributed by atoms with Gasteiger partial charge in [-0.1, -0.05) is 12.1 Å². The lowest BCUT2D eigenvalue weighted by atomic mass is 10.0. The number of para-hydroxylation sites is 1. The molecule has 0 bridgehead atoms. The second-order valence-corrected chi connectivity index (χ2v) is 4.63. The van der Waals surface area contributed by atoms with E-state index in [2.05, 4.69) is 4.98 Å². The molecule has 0 amide bonds. The van der Waals surface area contributed by atoms with Crippen LogP contribution in [0.4, 0.5) is 0 Å². The van der Waals surface area contributed by atoms with Crippen molar-refractivity contribution in [2.45, 2.75) is 26.9 Å². The number of aryl methyl sites for hydroxylation is 1. The van der Waals surface area contributed by atoms with E-state index in [1.54, 1.807) is 24.4 Å². The number of ether oxygens (including phenoxy) is 1. The summed E-state index contributed by atoms with van der Waals surface area (Å²) < 4.78 is 5.69. The number of rotatable bonds is 4. The van der Waals surface area contributed by atoms with Crippen molar-refractivity contribution >= 4 is 5.78 Å². The lowest BCUT2D eigenvalue weighted by Crippen LogP contribution is -2.11. The molecule has 1 aromatic carbocycles. The second kappa shape index (κ2) is 5.65. The van der Waals surface area contributed by atoms with Gasteiger partial charge in [-0.15, -0.1) is 0 Å². The maximum atomic E-state index is 12.5. The predicted molar refractivity (Wildman–Crippen MR) is 74.6 cm³/mol. The highest BCUT2D eigenvalue weighted by Gasteiger charge is 2.16. The number of carbonyl (C=O) groups excluding carboxylic acids is 1. The fourth-order valence-corrected chi connectivity index (χ4v) is 1.88. The molecule has 0 aliphatic rings. The van der Waals surface area contributed by atoms with Crippen molar-refractivity contribution in [2.24, 2.45) is 0 Å². The minimum absolute atomic E-state index is 0.0314. The molecule has 1 aromatic heterocycles. The van der Waals surface area contributed by atoms with Gasteiger partial charge in [-0.05, 0) is 45.0 Å². The van der Waals surface area contributed by atoms with Crippen LogP contribution in [0.3, 0.4) is 0 Å². The molecule has 19 heavy (non-hydrogen) atoms. The number of aromatic nitrogens is 1. The molecule has 2 rings (SSSR count). The van der Waals surface area contributed by atoms with E-state index in [9.17, 15) is 4.79 Å². The molecule has 0 spiro atoms. The van der Waals surface area contributed by atoms with Gasteiger partial charge in [0.2, 0.25) is 0 Å². The number of hydrogen-bond donors (Lipinski definition) is 0. The SMILES string of the molecule is Cc1ncccc1C(=O)c1ccccc1OC(C)C. The van der Waals surface area contributed by atoms with Crippen LogP contribution in [0.5, 0.6) is 5.75 Å². The Morgan fingerprint density at radius 2 is 1.79 bits per heavy atom. The Morgan fingerprint density at radius 3 is 2.47 bits per heavy atom. The Bertz CT molecular complexity index is 591. The van der Waals surface area contributed by atoms with Crippen molar-refractivity contribution in [1.82, 2.24) is 4.98 Å². The third-order valence-electron chi connectivity index (χ3n) is 2.75. The van der Waals surface area contributed by atoms with E-state index in [1.165, 1.54) is 0 Å². The maximum Gasteiger partial charge on any atom is 0.198 e. The van der Waals surface area contributed by atoms with E-state index in [-0.39, 0.29) is 11.9 Å². The lowest BCUT2D eigenvalue weighted by Gasteiger charge is -2.13. The summed E-state index contributed by atoms with van der Waals surface area (Å²) in [7, 11) is 0. The number of hydrogen-bond acceptors (Lipinski definition) is 3. The van der Waals surface area contributed by atoms with Crippen LogP contribution in [-0.4, -0.2) is 16.9 Å². The summed E-state index contributed by atoms with van der Waals surface area (Å²) >= 11 is 0. The van der Waals surface area contributed by atoms with Gasteiger partial charge >= 0.3 is 0 Å². The van der Waals surface area contributed by atoms with Gasteiger partial charge in [-0.25, -0.2) is 0 Å². The third-order valence-corrected chi connectivity index (χ3v) is 2.75. The van der Waals surface area contributed by atoms with Gasteiger partial charge < -0.3 is 4.74 Å². The van der Waals surface area contributed by atoms with Crippen LogP contribution in [0.2, 0.25) is 0 Å². The highest BCUT2D eigenvalue weighted by Crippen LogP contribution is 2.23. The van der Waals surface area contributed by atoms with Crippen LogP contribution in [0.1, 0.15) is 35.5 Å². The van der Waals surface area contributed by atoms with Gasteiger partial charge in [0.1, 0.15) is 5.75 Å². The first-order valence-corrected chi connectivity index (χ1v) is 6.31. The van der Waals surface area contributed by atoms with E-state index in [0.29, 0.717) is 16.9 Å². The molecule has 0 aliphatic heterocycles. The zero-order chi connectivity index (χ0) is 13.8. The molecule has 0 aliphatic carbocycles. The minimum Gasteiger partial charge on any atom is -0.490 e. The number of pyridine rings is 1. The first-order chi connectivity index (χ1) is 9.09. The molecule has 2 aromatic rings. The van der Waals surface area contributed by atoms with E-state index in [0.717, 1.165) is 5.69 Å². The van der Waals surface area contributed by atoms with E-state index >= 15 is 0 Å². The molecule has 3 nitrogen and oxygen atoms in total. The summed E-state index contributed by atoms with van der Waals surface area (Å²) in [5, 5.41) is 0. The van der Waals surface area contributed by atoms with Crippen molar-refractivity contribution in [1.29, 1.82) is 0 Å². The molecule has 1 heterocycles. The van der Waals surface area contributed by atoms with Crippen molar-refractivity contribution < 1.29 is 9.53 Å². The van der Waals surface area contributed by atoms with Crippen LogP contribution in [0.15, 0.2) is 42.6 Å². The molecule has 98 valence electrons. The quantitative estimate of drug-likeness (QED) is 0.786. The largest absolute Gasteiger partial charge is 0.490 e. The molecule has 3 heteroatoms. The number of benzene rings is 1. The molecule has 0 N–H and O–H groups in total. The average Bonchev–Trinajstić information content (AvgIpc) is 2.38. The maximum absolute atomic E-state index is 12.5. The first-order valence-electron chi connectivity index (χ1n) is 6.31. The van der Waals surface area contributed by atoms with Crippen LogP contribution < -0.4 is 4.74 Å². The summed E-state index contributed by atoms with van der Waals surface area (Å²) in [6, 6.07) is 10.9. The van der Waals surface area contributed by atoms with Gasteiger partial charge in [0.05, 0.1) is 11.7 Å². The van der Waals surface area contributed by atoms with Crippen LogP contribution in [-0.2, 0) is 0 Å². The van der Waals surface area contributed by atoms with Crippen molar-refractivity contribution in [3.05, 3.63) is 59.4 Å². The number of carbonyl (C=O) groups is 1. The standard InChI is InChI=1S/C16H17NO2/c1-11(2)19-15-9-5-4-7-14(15)16(18)13-8-6-10-17-12(13)3/h4-11H,1-3H3. The fourth-order valence-electron chi connectivity index (χ4n) is 1.88. The predicted octanol–water partition coefficient (Wildman–Crippen LogP) is 3.41. The second-order valence-electron chi connectivity index (χ2n) is 4.63. The molecule has 0 saturated carbocycles. The van der Waals surface area contributed by atoms with E-state index in [1.807, 2.05) is 39.0 Å². The molecule has 0 radical (unpaired) electrons. The summed E-state index contributed by atoms with van der Waals surface area (Å²) in [5.74, 6) is 0.563. The molecule has 0 unspecified atom stereocenters. The van der Waals surface area contributed by atoms with Gasteiger partial charge in [0.25, 0.3) is 0 Å². The molecule has 0 fully saturated rings. The van der Waals surface area contributed by atoms with Crippen molar-refractivity contribution in [3.63, 3.8) is 0 Å². The lowest BCUT2D eigenvalue weighted by molar-refractivity contribution is 0.103. The van der Waals surface area contributed by atoms with Crippen LogP contribution in [0.25, 0.3) is 0 Å². The van der Waals surface area contributed by atoms with Crippen LogP contribution >= 0.6 is 0 Å². The van der Waals surface area contributed by atoms with Gasteiger partial charge in [-0.3, -0.25) is 9.78 Å². The highest BCUT2D eigenvalue weighted by atomic mass is 16.5.